The van der Waals surface area contributed by atoms with Gasteiger partial charge >= 0.3 is 5.97 Å². The lowest BCUT2D eigenvalue weighted by Gasteiger charge is -2.06. The molecule has 0 radical (unpaired) electrons. The van der Waals surface area contributed by atoms with E-state index in [1.807, 2.05) is 0 Å². The largest absolute Gasteiger partial charge is 0.478 e. The highest BCUT2D eigenvalue weighted by Crippen LogP contribution is 2.21. The van der Waals surface area contributed by atoms with E-state index in [0.717, 1.165) is 11.8 Å². The summed E-state index contributed by atoms with van der Waals surface area (Å²) >= 11 is 7.10. The molecule has 2 N–H and O–H groups in total. The number of hydrogen-bond donors (Lipinski definition) is 2. The standard InChI is InChI=1S/C14H11ClN2O3S/c15-10-3-1-2-4-11(10)17-12(18)8-21-13-7-9(14(19)20)5-6-16-13/h1-7H,8H2,(H,17,18)(H,19,20). The molecule has 1 aromatic heterocycles. The molecule has 5 nitrogen and oxygen atoms in total. The van der Waals surface area contributed by atoms with Crippen LogP contribution in [0, 0.1) is 0 Å². The molecule has 0 aliphatic heterocycles. The minimum atomic E-state index is -1.03. The zero-order valence-corrected chi connectivity index (χ0v) is 12.3. The maximum absolute atomic E-state index is 11.8. The topological polar surface area (TPSA) is 79.3 Å². The molecule has 7 heteroatoms. The number of para-hydroxylation sites is 1. The Balaban J connectivity index is 1.94. The number of aromatic carboxylic acids is 1. The number of carbonyl (C=O) groups is 2. The van der Waals surface area contributed by atoms with Gasteiger partial charge in [-0.05, 0) is 24.3 Å². The van der Waals surface area contributed by atoms with E-state index in [2.05, 4.69) is 10.3 Å². The Morgan fingerprint density at radius 2 is 2.05 bits per heavy atom. The Morgan fingerprint density at radius 3 is 2.76 bits per heavy atom. The Morgan fingerprint density at radius 1 is 1.29 bits per heavy atom. The van der Waals surface area contributed by atoms with Crippen LogP contribution < -0.4 is 5.32 Å². The first-order valence-electron chi connectivity index (χ1n) is 5.93. The van der Waals surface area contributed by atoms with E-state index in [1.165, 1.54) is 18.3 Å². The van der Waals surface area contributed by atoms with Crippen LogP contribution in [-0.2, 0) is 4.79 Å². The van der Waals surface area contributed by atoms with Crippen LogP contribution in [0.15, 0.2) is 47.6 Å². The fraction of sp³-hybridized carbons (Fsp3) is 0.0714. The fourth-order valence-corrected chi connectivity index (χ4v) is 2.39. The third-order valence-electron chi connectivity index (χ3n) is 2.48. The lowest BCUT2D eigenvalue weighted by atomic mass is 10.3. The molecule has 0 aliphatic carbocycles. The first-order valence-corrected chi connectivity index (χ1v) is 7.29. The number of rotatable bonds is 5. The Kier molecular flexibility index (Phi) is 5.19. The van der Waals surface area contributed by atoms with Crippen molar-refractivity contribution in [3.8, 4) is 0 Å². The van der Waals surface area contributed by atoms with Gasteiger partial charge in [0.25, 0.3) is 0 Å². The Hall–Kier alpha value is -2.05. The van der Waals surface area contributed by atoms with Gasteiger partial charge in [-0.15, -0.1) is 0 Å². The smallest absolute Gasteiger partial charge is 0.335 e. The third kappa shape index (κ3) is 4.47. The molecular weight excluding hydrogens is 312 g/mol. The molecule has 0 unspecified atom stereocenters. The van der Waals surface area contributed by atoms with Crippen LogP contribution in [0.4, 0.5) is 5.69 Å². The molecule has 0 atom stereocenters. The summed E-state index contributed by atoms with van der Waals surface area (Å²) in [5.41, 5.74) is 0.677. The van der Waals surface area contributed by atoms with Crippen molar-refractivity contribution in [2.75, 3.05) is 11.1 Å². The molecule has 0 saturated carbocycles. The highest BCUT2D eigenvalue weighted by Gasteiger charge is 2.08. The van der Waals surface area contributed by atoms with Gasteiger partial charge in [0.2, 0.25) is 5.91 Å². The summed E-state index contributed by atoms with van der Waals surface area (Å²) in [5, 5.41) is 12.5. The van der Waals surface area contributed by atoms with Crippen LogP contribution in [0.2, 0.25) is 5.02 Å². The first kappa shape index (κ1) is 15.3. The molecule has 108 valence electrons. The van der Waals surface area contributed by atoms with Crippen molar-refractivity contribution in [3.63, 3.8) is 0 Å². The maximum Gasteiger partial charge on any atom is 0.335 e. The number of benzene rings is 1. The zero-order valence-electron chi connectivity index (χ0n) is 10.7. The fourth-order valence-electron chi connectivity index (χ4n) is 1.51. The van der Waals surface area contributed by atoms with Gasteiger partial charge in [0.15, 0.2) is 0 Å². The second-order valence-corrected chi connectivity index (χ2v) is 5.41. The van der Waals surface area contributed by atoms with Gasteiger partial charge in [0.1, 0.15) is 0 Å². The highest BCUT2D eigenvalue weighted by atomic mass is 35.5. The lowest BCUT2D eigenvalue weighted by Crippen LogP contribution is -2.14. The molecule has 2 rings (SSSR count). The van der Waals surface area contributed by atoms with Gasteiger partial charge < -0.3 is 10.4 Å². The van der Waals surface area contributed by atoms with E-state index in [1.54, 1.807) is 24.3 Å². The van der Waals surface area contributed by atoms with E-state index in [4.69, 9.17) is 16.7 Å². The minimum Gasteiger partial charge on any atom is -0.478 e. The molecule has 0 saturated heterocycles. The number of carboxylic acids is 1. The Bertz CT molecular complexity index is 679. The number of aromatic nitrogens is 1. The van der Waals surface area contributed by atoms with Gasteiger partial charge in [-0.25, -0.2) is 9.78 Å². The van der Waals surface area contributed by atoms with Gasteiger partial charge in [-0.3, -0.25) is 4.79 Å². The van der Waals surface area contributed by atoms with Crippen molar-refractivity contribution < 1.29 is 14.7 Å². The van der Waals surface area contributed by atoms with Gasteiger partial charge in [-0.1, -0.05) is 35.5 Å². The van der Waals surface area contributed by atoms with Gasteiger partial charge in [-0.2, -0.15) is 0 Å². The van der Waals surface area contributed by atoms with Crippen LogP contribution in [-0.4, -0.2) is 27.7 Å². The van der Waals surface area contributed by atoms with Crippen molar-refractivity contribution in [1.82, 2.24) is 4.98 Å². The van der Waals surface area contributed by atoms with Crippen molar-refractivity contribution in [1.29, 1.82) is 0 Å². The second kappa shape index (κ2) is 7.10. The third-order valence-corrected chi connectivity index (χ3v) is 3.74. The summed E-state index contributed by atoms with van der Waals surface area (Å²) in [6.07, 6.45) is 1.40. The van der Waals surface area contributed by atoms with Crippen molar-refractivity contribution in [2.45, 2.75) is 5.03 Å². The molecule has 0 aliphatic rings. The number of amides is 1. The summed E-state index contributed by atoms with van der Waals surface area (Å²) in [7, 11) is 0. The zero-order chi connectivity index (χ0) is 15.2. The van der Waals surface area contributed by atoms with E-state index >= 15 is 0 Å². The second-order valence-electron chi connectivity index (χ2n) is 4.00. The van der Waals surface area contributed by atoms with Crippen LogP contribution in [0.3, 0.4) is 0 Å². The SMILES string of the molecule is O=C(CSc1cc(C(=O)O)ccn1)Nc1ccccc1Cl. The van der Waals surface area contributed by atoms with Crippen LogP contribution >= 0.6 is 23.4 Å². The molecule has 1 amide bonds. The van der Waals surface area contributed by atoms with Crippen molar-refractivity contribution in [3.05, 3.63) is 53.2 Å². The highest BCUT2D eigenvalue weighted by molar-refractivity contribution is 7.99. The summed E-state index contributed by atoms with van der Waals surface area (Å²) in [5.74, 6) is -1.16. The van der Waals surface area contributed by atoms with E-state index in [9.17, 15) is 9.59 Å². The Labute approximate surface area is 130 Å². The van der Waals surface area contributed by atoms with Crippen LogP contribution in [0.5, 0.6) is 0 Å². The van der Waals surface area contributed by atoms with E-state index in [-0.39, 0.29) is 17.2 Å². The molecular formula is C14H11ClN2O3S. The number of nitrogens with one attached hydrogen (secondary N) is 1. The number of hydrogen-bond acceptors (Lipinski definition) is 4. The first-order chi connectivity index (χ1) is 10.1. The number of nitrogens with zero attached hydrogens (tertiary/aromatic N) is 1. The van der Waals surface area contributed by atoms with Gasteiger partial charge in [0.05, 0.1) is 27.1 Å². The molecule has 0 bridgehead atoms. The van der Waals surface area contributed by atoms with Crippen molar-refractivity contribution in [2.24, 2.45) is 0 Å². The predicted octanol–water partition coefficient (Wildman–Crippen LogP) is 3.16. The van der Waals surface area contributed by atoms with E-state index in [0.29, 0.717) is 15.7 Å². The molecule has 2 aromatic rings. The number of anilines is 1. The van der Waals surface area contributed by atoms with Gasteiger partial charge in [0, 0.05) is 6.20 Å². The molecule has 1 aromatic carbocycles. The number of pyridine rings is 1. The predicted molar refractivity (Wildman–Crippen MR) is 82.0 cm³/mol. The molecule has 21 heavy (non-hydrogen) atoms. The number of carbonyl (C=O) groups excluding carboxylic acids is 1. The number of halogens is 1. The lowest BCUT2D eigenvalue weighted by molar-refractivity contribution is -0.113. The molecule has 1 heterocycles. The normalized spacial score (nSPS) is 10.1. The number of thioether (sulfide) groups is 1. The van der Waals surface area contributed by atoms with Crippen LogP contribution in [0.1, 0.15) is 10.4 Å². The summed E-state index contributed by atoms with van der Waals surface area (Å²) in [6, 6.07) is 9.75. The van der Waals surface area contributed by atoms with Crippen molar-refractivity contribution >= 4 is 40.9 Å². The minimum absolute atomic E-state index is 0.112. The molecule has 0 spiro atoms. The summed E-state index contributed by atoms with van der Waals surface area (Å²) < 4.78 is 0. The number of carboxylic acid groups (broad SMARTS) is 1. The maximum atomic E-state index is 11.8. The summed E-state index contributed by atoms with van der Waals surface area (Å²) in [6.45, 7) is 0. The average Bonchev–Trinajstić information content (AvgIpc) is 2.48. The monoisotopic (exact) mass is 322 g/mol. The quantitative estimate of drug-likeness (QED) is 0.827. The molecule has 0 fully saturated rings. The van der Waals surface area contributed by atoms with Crippen LogP contribution in [0.25, 0.3) is 0 Å². The average molecular weight is 323 g/mol. The van der Waals surface area contributed by atoms with E-state index < -0.39 is 5.97 Å². The summed E-state index contributed by atoms with van der Waals surface area (Å²) in [4.78, 5) is 26.7.